The maximum Gasteiger partial charge on any atom is 0.164 e. The smallest absolute Gasteiger partial charge is 0.164 e. The molecule has 12 rings (SSSR count). The summed E-state index contributed by atoms with van der Waals surface area (Å²) >= 11 is 0. The number of aromatic nitrogens is 3. The Balaban J connectivity index is 0.969. The van der Waals surface area contributed by atoms with E-state index >= 15 is 0 Å². The van der Waals surface area contributed by atoms with Crippen LogP contribution in [0.15, 0.2) is 186 Å². The van der Waals surface area contributed by atoms with Crippen LogP contribution in [-0.2, 0) is 0 Å². The third kappa shape index (κ3) is 5.35. The molecule has 0 aliphatic rings. The average molecular weight is 751 g/mol. The highest BCUT2D eigenvalue weighted by Crippen LogP contribution is 2.43. The molecule has 0 fully saturated rings. The summed E-state index contributed by atoms with van der Waals surface area (Å²) in [4.78, 5) is 15.1. The van der Waals surface area contributed by atoms with Crippen molar-refractivity contribution in [1.82, 2.24) is 15.0 Å². The summed E-state index contributed by atoms with van der Waals surface area (Å²) in [6.45, 7) is 0. The van der Waals surface area contributed by atoms with Crippen molar-refractivity contribution in [2.45, 2.75) is 0 Å². The standard InChI is InChI=1S/C54H30N4O/c55-31-32-11-25-48-46(27-32)47-30-40(20-26-49(47)59-48)38-12-13-39-29-41(15-14-37(39)28-38)42-21-16-33-18-23-44-45(24-19-34-17-22-43(42)50(33)51(34)44)54-57-52(35-7-3-1-4-8-35)56-53(58-54)36-9-5-2-6-10-36/h1-30H. The molecule has 0 spiro atoms. The van der Waals surface area contributed by atoms with Crippen molar-refractivity contribution >= 4 is 65.0 Å². The fraction of sp³-hybridized carbons (Fsp3) is 0. The van der Waals surface area contributed by atoms with Gasteiger partial charge in [-0.15, -0.1) is 0 Å². The van der Waals surface area contributed by atoms with Crippen molar-refractivity contribution in [1.29, 1.82) is 5.26 Å². The lowest BCUT2D eigenvalue weighted by molar-refractivity contribution is 0.669. The molecule has 5 heteroatoms. The number of hydrogen-bond donors (Lipinski definition) is 0. The number of rotatable bonds is 5. The third-order valence-corrected chi connectivity index (χ3v) is 11.7. The van der Waals surface area contributed by atoms with Crippen LogP contribution in [-0.4, -0.2) is 15.0 Å². The third-order valence-electron chi connectivity index (χ3n) is 11.7. The normalized spacial score (nSPS) is 11.7. The van der Waals surface area contributed by atoms with Crippen LogP contribution >= 0.6 is 0 Å². The van der Waals surface area contributed by atoms with E-state index in [1.807, 2.05) is 78.9 Å². The summed E-state index contributed by atoms with van der Waals surface area (Å²) in [5, 5.41) is 20.9. The molecule has 0 bridgehead atoms. The molecule has 272 valence electrons. The van der Waals surface area contributed by atoms with Crippen molar-refractivity contribution in [3.8, 4) is 62.5 Å². The van der Waals surface area contributed by atoms with E-state index in [1.165, 1.54) is 48.8 Å². The van der Waals surface area contributed by atoms with Gasteiger partial charge in [0.2, 0.25) is 0 Å². The van der Waals surface area contributed by atoms with E-state index < -0.39 is 0 Å². The van der Waals surface area contributed by atoms with Gasteiger partial charge in [-0.25, -0.2) is 15.0 Å². The summed E-state index contributed by atoms with van der Waals surface area (Å²) in [6.07, 6.45) is 0. The summed E-state index contributed by atoms with van der Waals surface area (Å²) in [7, 11) is 0. The Morgan fingerprint density at radius 2 is 0.847 bits per heavy atom. The van der Waals surface area contributed by atoms with E-state index in [4.69, 9.17) is 19.4 Å². The van der Waals surface area contributed by atoms with Crippen LogP contribution < -0.4 is 0 Å². The number of nitriles is 1. The zero-order valence-electron chi connectivity index (χ0n) is 31.5. The van der Waals surface area contributed by atoms with Crippen molar-refractivity contribution in [3.63, 3.8) is 0 Å². The van der Waals surface area contributed by atoms with Crippen LogP contribution in [0.25, 0.3) is 121 Å². The van der Waals surface area contributed by atoms with Gasteiger partial charge >= 0.3 is 0 Å². The SMILES string of the molecule is N#Cc1ccc2oc3ccc(-c4ccc5cc(-c6ccc7ccc8c(-c9nc(-c%10ccccc%10)nc(-c%10ccccc%10)n9)ccc9ccc6c7c98)ccc5c4)cc3c2c1. The zero-order chi connectivity index (χ0) is 39.0. The predicted octanol–water partition coefficient (Wildman–Crippen LogP) is 14.0. The topological polar surface area (TPSA) is 75.6 Å². The molecule has 5 nitrogen and oxygen atoms in total. The maximum absolute atomic E-state index is 9.49. The molecule has 0 N–H and O–H groups in total. The van der Waals surface area contributed by atoms with E-state index in [0.717, 1.165) is 55.1 Å². The van der Waals surface area contributed by atoms with Gasteiger partial charge in [0.1, 0.15) is 11.2 Å². The van der Waals surface area contributed by atoms with Gasteiger partial charge in [-0.2, -0.15) is 5.26 Å². The summed E-state index contributed by atoms with van der Waals surface area (Å²) < 4.78 is 6.08. The first-order chi connectivity index (χ1) is 29.1. The van der Waals surface area contributed by atoms with E-state index in [1.54, 1.807) is 6.07 Å². The molecule has 0 unspecified atom stereocenters. The predicted molar refractivity (Wildman–Crippen MR) is 240 cm³/mol. The fourth-order valence-electron chi connectivity index (χ4n) is 8.80. The molecule has 59 heavy (non-hydrogen) atoms. The second-order valence-electron chi connectivity index (χ2n) is 15.1. The monoisotopic (exact) mass is 750 g/mol. The lowest BCUT2D eigenvalue weighted by Gasteiger charge is -2.17. The molecule has 0 radical (unpaired) electrons. The minimum absolute atomic E-state index is 0.622. The lowest BCUT2D eigenvalue weighted by atomic mass is 9.88. The second kappa shape index (κ2) is 12.9. The lowest BCUT2D eigenvalue weighted by Crippen LogP contribution is -2.00. The van der Waals surface area contributed by atoms with E-state index in [-0.39, 0.29) is 0 Å². The number of nitrogens with zero attached hydrogens (tertiary/aromatic N) is 4. The zero-order valence-corrected chi connectivity index (χ0v) is 31.5. The molecule has 2 aromatic heterocycles. The fourth-order valence-corrected chi connectivity index (χ4v) is 8.80. The molecule has 12 aromatic rings. The Morgan fingerprint density at radius 1 is 0.356 bits per heavy atom. The van der Waals surface area contributed by atoms with Crippen LogP contribution in [0.4, 0.5) is 0 Å². The Bertz CT molecular complexity index is 3620. The van der Waals surface area contributed by atoms with Crippen molar-refractivity contribution in [2.75, 3.05) is 0 Å². The van der Waals surface area contributed by atoms with Crippen LogP contribution in [0.1, 0.15) is 5.56 Å². The summed E-state index contributed by atoms with van der Waals surface area (Å²) in [5.41, 5.74) is 9.67. The second-order valence-corrected chi connectivity index (χ2v) is 15.1. The first kappa shape index (κ1) is 33.0. The quantitative estimate of drug-likeness (QED) is 0.164. The highest BCUT2D eigenvalue weighted by molar-refractivity contribution is 6.27. The van der Waals surface area contributed by atoms with Crippen LogP contribution in [0.3, 0.4) is 0 Å². The molecule has 0 saturated heterocycles. The van der Waals surface area contributed by atoms with E-state index in [2.05, 4.69) is 103 Å². The highest BCUT2D eigenvalue weighted by atomic mass is 16.3. The van der Waals surface area contributed by atoms with Gasteiger partial charge in [0.25, 0.3) is 0 Å². The van der Waals surface area contributed by atoms with Gasteiger partial charge in [0.15, 0.2) is 17.5 Å². The molecule has 10 aromatic carbocycles. The van der Waals surface area contributed by atoms with E-state index in [0.29, 0.717) is 23.0 Å². The highest BCUT2D eigenvalue weighted by Gasteiger charge is 2.19. The molecule has 2 heterocycles. The molecular formula is C54H30N4O. The molecule has 0 aliphatic carbocycles. The Morgan fingerprint density at radius 3 is 1.51 bits per heavy atom. The first-order valence-corrected chi connectivity index (χ1v) is 19.6. The van der Waals surface area contributed by atoms with Gasteiger partial charge in [-0.3, -0.25) is 0 Å². The number of hydrogen-bond acceptors (Lipinski definition) is 5. The maximum atomic E-state index is 9.49. The van der Waals surface area contributed by atoms with Gasteiger partial charge in [-0.05, 0) is 114 Å². The average Bonchev–Trinajstić information content (AvgIpc) is 3.68. The molecule has 0 aliphatic heterocycles. The minimum atomic E-state index is 0.622. The number of benzene rings is 10. The molecular weight excluding hydrogens is 721 g/mol. The molecule has 0 saturated carbocycles. The van der Waals surface area contributed by atoms with Gasteiger partial charge in [-0.1, -0.05) is 133 Å². The Kier molecular flexibility index (Phi) is 7.22. The number of furan rings is 1. The van der Waals surface area contributed by atoms with Gasteiger partial charge in [0.05, 0.1) is 11.6 Å². The van der Waals surface area contributed by atoms with Crippen LogP contribution in [0.5, 0.6) is 0 Å². The van der Waals surface area contributed by atoms with Gasteiger partial charge in [0, 0.05) is 27.5 Å². The van der Waals surface area contributed by atoms with Crippen LogP contribution in [0, 0.1) is 11.3 Å². The van der Waals surface area contributed by atoms with Crippen molar-refractivity contribution in [2.24, 2.45) is 0 Å². The van der Waals surface area contributed by atoms with Gasteiger partial charge < -0.3 is 4.42 Å². The molecule has 0 amide bonds. The largest absolute Gasteiger partial charge is 0.456 e. The Labute approximate surface area is 338 Å². The molecule has 0 atom stereocenters. The Hall–Kier alpha value is -8.20. The van der Waals surface area contributed by atoms with E-state index in [9.17, 15) is 5.26 Å². The van der Waals surface area contributed by atoms with Crippen molar-refractivity contribution < 1.29 is 4.42 Å². The van der Waals surface area contributed by atoms with Crippen LogP contribution in [0.2, 0.25) is 0 Å². The minimum Gasteiger partial charge on any atom is -0.456 e. The summed E-state index contributed by atoms with van der Waals surface area (Å²) in [6, 6.07) is 65.6. The number of fused-ring (bicyclic) bond motifs is 4. The van der Waals surface area contributed by atoms with Crippen molar-refractivity contribution in [3.05, 3.63) is 188 Å². The first-order valence-electron chi connectivity index (χ1n) is 19.6. The summed E-state index contributed by atoms with van der Waals surface area (Å²) in [5.74, 6) is 1.94.